The number of hydrogen-bond acceptors (Lipinski definition) is 2. The second kappa shape index (κ2) is 15.7. The Kier molecular flexibility index (Phi) is 16.5. The number of carboxylic acids is 2. The number of aliphatic carboxylic acids is 2. The van der Waals surface area contributed by atoms with Gasteiger partial charge in [-0.15, -0.1) is 0 Å². The standard InChI is InChI=1S/C10H20.C6H10O4/c1-4-6-8-10(3)9-7-5-2;7-5(8)3-1-2-4-6(9)10/h3-9H2,1-2H3;1-4H2,(H,7,8)(H,9,10). The van der Waals surface area contributed by atoms with Crippen LogP contribution in [0.15, 0.2) is 12.2 Å². The van der Waals surface area contributed by atoms with Crippen molar-refractivity contribution in [3.8, 4) is 0 Å². The smallest absolute Gasteiger partial charge is 0.303 e. The minimum atomic E-state index is -0.870. The van der Waals surface area contributed by atoms with E-state index in [0.29, 0.717) is 12.8 Å². The van der Waals surface area contributed by atoms with Gasteiger partial charge in [0.25, 0.3) is 0 Å². The maximum Gasteiger partial charge on any atom is 0.303 e. The van der Waals surface area contributed by atoms with E-state index in [1.165, 1.54) is 44.1 Å². The van der Waals surface area contributed by atoms with Crippen molar-refractivity contribution in [2.75, 3.05) is 0 Å². The summed E-state index contributed by atoms with van der Waals surface area (Å²) in [6.45, 7) is 8.49. The summed E-state index contributed by atoms with van der Waals surface area (Å²) >= 11 is 0. The highest BCUT2D eigenvalue weighted by Gasteiger charge is 1.99. The van der Waals surface area contributed by atoms with E-state index >= 15 is 0 Å². The van der Waals surface area contributed by atoms with Crippen LogP contribution < -0.4 is 0 Å². The fraction of sp³-hybridized carbons (Fsp3) is 0.750. The van der Waals surface area contributed by atoms with E-state index in [1.807, 2.05) is 0 Å². The molecule has 20 heavy (non-hydrogen) atoms. The van der Waals surface area contributed by atoms with Gasteiger partial charge in [-0.25, -0.2) is 0 Å². The van der Waals surface area contributed by atoms with Crippen molar-refractivity contribution < 1.29 is 19.8 Å². The predicted molar refractivity (Wildman–Crippen MR) is 81.9 cm³/mol. The van der Waals surface area contributed by atoms with Crippen LogP contribution >= 0.6 is 0 Å². The number of carboxylic acid groups (broad SMARTS) is 2. The molecule has 0 aliphatic rings. The van der Waals surface area contributed by atoms with Gasteiger partial charge >= 0.3 is 11.9 Å². The van der Waals surface area contributed by atoms with Gasteiger partial charge in [0.05, 0.1) is 0 Å². The van der Waals surface area contributed by atoms with Gasteiger partial charge in [-0.05, 0) is 38.5 Å². The highest BCUT2D eigenvalue weighted by atomic mass is 16.4. The molecule has 0 saturated heterocycles. The van der Waals surface area contributed by atoms with Crippen molar-refractivity contribution in [1.29, 1.82) is 0 Å². The van der Waals surface area contributed by atoms with Gasteiger partial charge in [-0.2, -0.15) is 0 Å². The summed E-state index contributed by atoms with van der Waals surface area (Å²) in [4.78, 5) is 19.8. The van der Waals surface area contributed by atoms with Gasteiger partial charge in [0.15, 0.2) is 0 Å². The molecule has 0 amide bonds. The average molecular weight is 286 g/mol. The molecule has 0 aliphatic carbocycles. The molecular weight excluding hydrogens is 256 g/mol. The highest BCUT2D eigenvalue weighted by Crippen LogP contribution is 2.11. The molecule has 0 atom stereocenters. The van der Waals surface area contributed by atoms with Crippen LogP contribution in [-0.2, 0) is 9.59 Å². The van der Waals surface area contributed by atoms with Crippen molar-refractivity contribution in [3.63, 3.8) is 0 Å². The monoisotopic (exact) mass is 286 g/mol. The Morgan fingerprint density at radius 2 is 1.10 bits per heavy atom. The van der Waals surface area contributed by atoms with E-state index < -0.39 is 11.9 Å². The predicted octanol–water partition coefficient (Wildman–Crippen LogP) is 4.64. The zero-order valence-corrected chi connectivity index (χ0v) is 13.0. The van der Waals surface area contributed by atoms with Crippen LogP contribution in [-0.4, -0.2) is 22.2 Å². The average Bonchev–Trinajstić information content (AvgIpc) is 2.39. The topological polar surface area (TPSA) is 74.6 Å². The Bertz CT molecular complexity index is 246. The lowest BCUT2D eigenvalue weighted by Gasteiger charge is -2.01. The van der Waals surface area contributed by atoms with Crippen LogP contribution in [0.4, 0.5) is 0 Å². The van der Waals surface area contributed by atoms with Gasteiger partial charge in [-0.3, -0.25) is 9.59 Å². The molecule has 0 saturated carbocycles. The zero-order chi connectivity index (χ0) is 15.8. The van der Waals surface area contributed by atoms with Crippen molar-refractivity contribution in [1.82, 2.24) is 0 Å². The normalized spacial score (nSPS) is 9.50. The summed E-state index contributed by atoms with van der Waals surface area (Å²) in [5.74, 6) is -1.74. The first-order valence-electron chi connectivity index (χ1n) is 7.54. The molecular formula is C16H30O4. The molecule has 4 heteroatoms. The Morgan fingerprint density at radius 1 is 0.750 bits per heavy atom. The van der Waals surface area contributed by atoms with Crippen LogP contribution in [0.5, 0.6) is 0 Å². The van der Waals surface area contributed by atoms with E-state index in [-0.39, 0.29) is 12.8 Å². The number of unbranched alkanes of at least 4 members (excludes halogenated alkanes) is 3. The summed E-state index contributed by atoms with van der Waals surface area (Å²) in [7, 11) is 0. The molecule has 4 nitrogen and oxygen atoms in total. The Labute approximate surface area is 122 Å². The summed E-state index contributed by atoms with van der Waals surface area (Å²) in [6, 6.07) is 0. The molecule has 0 bridgehead atoms. The Morgan fingerprint density at radius 3 is 1.35 bits per heavy atom. The molecule has 0 rings (SSSR count). The minimum Gasteiger partial charge on any atom is -0.481 e. The number of allylic oxidation sites excluding steroid dienone is 1. The first kappa shape index (κ1) is 21.0. The van der Waals surface area contributed by atoms with Crippen molar-refractivity contribution in [2.24, 2.45) is 0 Å². The number of rotatable bonds is 11. The van der Waals surface area contributed by atoms with E-state index in [0.717, 1.165) is 0 Å². The molecule has 0 aromatic carbocycles. The van der Waals surface area contributed by atoms with Crippen LogP contribution in [0.3, 0.4) is 0 Å². The maximum atomic E-state index is 9.90. The molecule has 0 unspecified atom stereocenters. The lowest BCUT2D eigenvalue weighted by Crippen LogP contribution is -1.97. The zero-order valence-electron chi connectivity index (χ0n) is 13.0. The third-order valence-corrected chi connectivity index (χ3v) is 2.80. The molecule has 0 fully saturated rings. The maximum absolute atomic E-state index is 9.90. The van der Waals surface area contributed by atoms with E-state index in [1.54, 1.807) is 0 Å². The molecule has 118 valence electrons. The minimum absolute atomic E-state index is 0.0628. The van der Waals surface area contributed by atoms with Gasteiger partial charge < -0.3 is 10.2 Å². The summed E-state index contributed by atoms with van der Waals surface area (Å²) in [6.07, 6.45) is 8.75. The Hall–Kier alpha value is -1.32. The first-order chi connectivity index (χ1) is 9.43. The van der Waals surface area contributed by atoms with Crippen molar-refractivity contribution in [3.05, 3.63) is 12.2 Å². The van der Waals surface area contributed by atoms with Crippen LogP contribution in [0.1, 0.15) is 78.1 Å². The third-order valence-electron chi connectivity index (χ3n) is 2.80. The van der Waals surface area contributed by atoms with Crippen molar-refractivity contribution >= 4 is 11.9 Å². The number of carbonyl (C=O) groups is 2. The van der Waals surface area contributed by atoms with E-state index in [4.69, 9.17) is 10.2 Å². The molecule has 0 aromatic rings. The largest absolute Gasteiger partial charge is 0.481 e. The quantitative estimate of drug-likeness (QED) is 0.428. The second-order valence-electron chi connectivity index (χ2n) is 4.95. The molecule has 0 spiro atoms. The fourth-order valence-corrected chi connectivity index (χ4v) is 1.53. The highest BCUT2D eigenvalue weighted by molar-refractivity contribution is 5.67. The second-order valence-corrected chi connectivity index (χ2v) is 4.95. The summed E-state index contributed by atoms with van der Waals surface area (Å²) in [5, 5.41) is 16.3. The molecule has 2 N–H and O–H groups in total. The van der Waals surface area contributed by atoms with Gasteiger partial charge in [0.1, 0.15) is 0 Å². The summed E-state index contributed by atoms with van der Waals surface area (Å²) < 4.78 is 0. The van der Waals surface area contributed by atoms with Crippen LogP contribution in [0, 0.1) is 0 Å². The van der Waals surface area contributed by atoms with E-state index in [2.05, 4.69) is 20.4 Å². The van der Waals surface area contributed by atoms with Crippen LogP contribution in [0.25, 0.3) is 0 Å². The van der Waals surface area contributed by atoms with Crippen molar-refractivity contribution in [2.45, 2.75) is 78.1 Å². The fourth-order valence-electron chi connectivity index (χ4n) is 1.53. The molecule has 0 heterocycles. The van der Waals surface area contributed by atoms with Crippen LogP contribution in [0.2, 0.25) is 0 Å². The van der Waals surface area contributed by atoms with Gasteiger partial charge in [0, 0.05) is 12.8 Å². The molecule has 0 aliphatic heterocycles. The Balaban J connectivity index is 0. The number of hydrogen-bond donors (Lipinski definition) is 2. The third kappa shape index (κ3) is 21.9. The summed E-state index contributed by atoms with van der Waals surface area (Å²) in [5.41, 5.74) is 1.45. The van der Waals surface area contributed by atoms with E-state index in [9.17, 15) is 9.59 Å². The lowest BCUT2D eigenvalue weighted by molar-refractivity contribution is -0.139. The first-order valence-corrected chi connectivity index (χ1v) is 7.54. The lowest BCUT2D eigenvalue weighted by atomic mass is 10.1. The van der Waals surface area contributed by atoms with Gasteiger partial charge in [-0.1, -0.05) is 38.8 Å². The van der Waals surface area contributed by atoms with Gasteiger partial charge in [0.2, 0.25) is 0 Å². The SMILES string of the molecule is C=C(CCCC)CCCC.O=C(O)CCCCC(=O)O. The molecule has 0 aromatic heterocycles. The molecule has 0 radical (unpaired) electrons.